The lowest BCUT2D eigenvalue weighted by Gasteiger charge is -2.18. The molecule has 1 aliphatic carbocycles. The molecule has 19 heavy (non-hydrogen) atoms. The first-order chi connectivity index (χ1) is 9.22. The van der Waals surface area contributed by atoms with Crippen LogP contribution in [0.15, 0.2) is 42.5 Å². The molecule has 1 aliphatic rings. The van der Waals surface area contributed by atoms with E-state index in [0.29, 0.717) is 6.42 Å². The number of hydrogen-bond donors (Lipinski definition) is 1. The van der Waals surface area contributed by atoms with Crippen molar-refractivity contribution in [3.8, 4) is 23.5 Å². The van der Waals surface area contributed by atoms with Crippen LogP contribution < -0.4 is 0 Å². The van der Waals surface area contributed by atoms with Crippen molar-refractivity contribution >= 4 is 0 Å². The number of fused-ring (bicyclic) bond motifs is 3. The van der Waals surface area contributed by atoms with E-state index in [2.05, 4.69) is 43.2 Å². The molecule has 0 fully saturated rings. The molecule has 0 bridgehead atoms. The van der Waals surface area contributed by atoms with Gasteiger partial charge >= 0.3 is 0 Å². The summed E-state index contributed by atoms with van der Waals surface area (Å²) in [5, 5.41) is 10.4. The van der Waals surface area contributed by atoms with E-state index in [1.807, 2.05) is 12.1 Å². The zero-order chi connectivity index (χ0) is 13.4. The Morgan fingerprint density at radius 1 is 1.16 bits per heavy atom. The monoisotopic (exact) mass is 248 g/mol. The van der Waals surface area contributed by atoms with Crippen LogP contribution in [0, 0.1) is 19.3 Å². The number of aliphatic hydroxyl groups excluding tert-OH is 1. The highest BCUT2D eigenvalue weighted by Crippen LogP contribution is 2.46. The standard InChI is InChI=1S/C18H16O/c1-3-6-17(19)18-14-8-5-4-7-13(14)16-11-12(2)9-10-15(16)18/h1,4-5,7-11,17-19H,6H2,2H3. The molecule has 0 saturated carbocycles. The fourth-order valence-corrected chi connectivity index (χ4v) is 3.01. The highest BCUT2D eigenvalue weighted by Gasteiger charge is 2.32. The van der Waals surface area contributed by atoms with E-state index in [9.17, 15) is 5.11 Å². The number of terminal acetylenes is 1. The lowest BCUT2D eigenvalue weighted by Crippen LogP contribution is -2.17. The van der Waals surface area contributed by atoms with Crippen LogP contribution in [0.1, 0.15) is 29.0 Å². The molecule has 1 N–H and O–H groups in total. The first-order valence-electron chi connectivity index (χ1n) is 6.53. The Morgan fingerprint density at radius 3 is 2.68 bits per heavy atom. The molecule has 2 unspecified atom stereocenters. The van der Waals surface area contributed by atoms with Crippen molar-refractivity contribution in [3.63, 3.8) is 0 Å². The predicted molar refractivity (Wildman–Crippen MR) is 77.9 cm³/mol. The predicted octanol–water partition coefficient (Wildman–Crippen LogP) is 3.49. The van der Waals surface area contributed by atoms with E-state index in [4.69, 9.17) is 6.42 Å². The highest BCUT2D eigenvalue weighted by molar-refractivity contribution is 5.79. The third-order valence-corrected chi connectivity index (χ3v) is 3.84. The smallest absolute Gasteiger partial charge is 0.0758 e. The van der Waals surface area contributed by atoms with Crippen LogP contribution in [0.3, 0.4) is 0 Å². The van der Waals surface area contributed by atoms with Crippen LogP contribution in [-0.2, 0) is 0 Å². The topological polar surface area (TPSA) is 20.2 Å². The summed E-state index contributed by atoms with van der Waals surface area (Å²) in [6.45, 7) is 2.09. The SMILES string of the molecule is C#CCC(O)C1c2ccccc2-c2cc(C)ccc21. The van der Waals surface area contributed by atoms with Crippen LogP contribution in [0.2, 0.25) is 0 Å². The largest absolute Gasteiger partial charge is 0.391 e. The molecule has 94 valence electrons. The van der Waals surface area contributed by atoms with E-state index >= 15 is 0 Å². The van der Waals surface area contributed by atoms with E-state index in [-0.39, 0.29) is 5.92 Å². The normalized spacial score (nSPS) is 17.4. The van der Waals surface area contributed by atoms with Crippen molar-refractivity contribution < 1.29 is 5.11 Å². The zero-order valence-electron chi connectivity index (χ0n) is 10.9. The second-order valence-electron chi connectivity index (χ2n) is 5.13. The van der Waals surface area contributed by atoms with E-state index < -0.39 is 6.10 Å². The van der Waals surface area contributed by atoms with Gasteiger partial charge < -0.3 is 5.11 Å². The Morgan fingerprint density at radius 2 is 1.89 bits per heavy atom. The van der Waals surface area contributed by atoms with E-state index in [1.165, 1.54) is 27.8 Å². The number of hydrogen-bond acceptors (Lipinski definition) is 1. The maximum Gasteiger partial charge on any atom is 0.0758 e. The quantitative estimate of drug-likeness (QED) is 0.807. The lowest BCUT2D eigenvalue weighted by atomic mass is 9.89. The van der Waals surface area contributed by atoms with Crippen molar-refractivity contribution in [2.24, 2.45) is 0 Å². The molecule has 2 atom stereocenters. The van der Waals surface area contributed by atoms with E-state index in [0.717, 1.165) is 0 Å². The molecule has 0 spiro atoms. The van der Waals surface area contributed by atoms with Crippen LogP contribution in [0.25, 0.3) is 11.1 Å². The van der Waals surface area contributed by atoms with Gasteiger partial charge in [0, 0.05) is 12.3 Å². The van der Waals surface area contributed by atoms with Gasteiger partial charge in [0.25, 0.3) is 0 Å². The van der Waals surface area contributed by atoms with Crippen molar-refractivity contribution in [2.45, 2.75) is 25.4 Å². The minimum absolute atomic E-state index is 0.00264. The van der Waals surface area contributed by atoms with Gasteiger partial charge in [-0.2, -0.15) is 0 Å². The summed E-state index contributed by atoms with van der Waals surface area (Å²) < 4.78 is 0. The molecule has 3 rings (SSSR count). The Labute approximate surface area is 113 Å². The van der Waals surface area contributed by atoms with Crippen molar-refractivity contribution in [2.75, 3.05) is 0 Å². The third-order valence-electron chi connectivity index (χ3n) is 3.84. The van der Waals surface area contributed by atoms with Gasteiger partial charge in [-0.05, 0) is 29.2 Å². The van der Waals surface area contributed by atoms with Gasteiger partial charge in [-0.15, -0.1) is 12.3 Å². The fourth-order valence-electron chi connectivity index (χ4n) is 3.01. The summed E-state index contributed by atoms with van der Waals surface area (Å²) in [7, 11) is 0. The molecule has 2 aromatic rings. The molecule has 1 nitrogen and oxygen atoms in total. The molecule has 2 aromatic carbocycles. The van der Waals surface area contributed by atoms with Crippen molar-refractivity contribution in [1.82, 2.24) is 0 Å². The summed E-state index contributed by atoms with van der Waals surface area (Å²) in [6.07, 6.45) is 5.21. The number of rotatable bonds is 2. The van der Waals surface area contributed by atoms with E-state index in [1.54, 1.807) is 0 Å². The molecule has 0 radical (unpaired) electrons. The second-order valence-corrected chi connectivity index (χ2v) is 5.13. The van der Waals surface area contributed by atoms with Gasteiger partial charge in [-0.1, -0.05) is 48.0 Å². The molecule has 0 amide bonds. The van der Waals surface area contributed by atoms with Crippen LogP contribution >= 0.6 is 0 Å². The molecule has 0 heterocycles. The second kappa shape index (κ2) is 4.57. The first-order valence-corrected chi connectivity index (χ1v) is 6.53. The van der Waals surface area contributed by atoms with Gasteiger partial charge in [0.05, 0.1) is 6.10 Å². The minimum Gasteiger partial charge on any atom is -0.391 e. The van der Waals surface area contributed by atoms with Crippen molar-refractivity contribution in [3.05, 3.63) is 59.2 Å². The van der Waals surface area contributed by atoms with Crippen LogP contribution in [0.4, 0.5) is 0 Å². The Balaban J connectivity index is 2.20. The van der Waals surface area contributed by atoms with Gasteiger partial charge in [0.2, 0.25) is 0 Å². The number of aliphatic hydroxyl groups is 1. The molecule has 1 heteroatoms. The lowest BCUT2D eigenvalue weighted by molar-refractivity contribution is 0.163. The summed E-state index contributed by atoms with van der Waals surface area (Å²) in [6, 6.07) is 14.7. The highest BCUT2D eigenvalue weighted by atomic mass is 16.3. The molecular weight excluding hydrogens is 232 g/mol. The maximum atomic E-state index is 10.4. The third kappa shape index (κ3) is 1.85. The summed E-state index contributed by atoms with van der Waals surface area (Å²) >= 11 is 0. The first kappa shape index (κ1) is 12.0. The number of benzene rings is 2. The summed E-state index contributed by atoms with van der Waals surface area (Å²) in [5.41, 5.74) is 6.07. The summed E-state index contributed by atoms with van der Waals surface area (Å²) in [5.74, 6) is 2.57. The molecule has 0 aromatic heterocycles. The van der Waals surface area contributed by atoms with Gasteiger partial charge in [-0.3, -0.25) is 0 Å². The number of aryl methyl sites for hydroxylation is 1. The van der Waals surface area contributed by atoms with Gasteiger partial charge in [0.1, 0.15) is 0 Å². The Kier molecular flexibility index (Phi) is 2.89. The Hall–Kier alpha value is -2.04. The van der Waals surface area contributed by atoms with Crippen molar-refractivity contribution in [1.29, 1.82) is 0 Å². The summed E-state index contributed by atoms with van der Waals surface area (Å²) in [4.78, 5) is 0. The zero-order valence-corrected chi connectivity index (χ0v) is 10.9. The Bertz CT molecular complexity index is 664. The molecule has 0 aliphatic heterocycles. The minimum atomic E-state index is -0.518. The maximum absolute atomic E-state index is 10.4. The van der Waals surface area contributed by atoms with Gasteiger partial charge in [-0.25, -0.2) is 0 Å². The average Bonchev–Trinajstić information content (AvgIpc) is 2.73. The fraction of sp³-hybridized carbons (Fsp3) is 0.222. The van der Waals surface area contributed by atoms with Gasteiger partial charge in [0.15, 0.2) is 0 Å². The molecule has 0 saturated heterocycles. The van der Waals surface area contributed by atoms with Crippen LogP contribution in [0.5, 0.6) is 0 Å². The molecular formula is C18H16O. The average molecular weight is 248 g/mol. The van der Waals surface area contributed by atoms with Crippen LogP contribution in [-0.4, -0.2) is 11.2 Å².